The van der Waals surface area contributed by atoms with E-state index in [0.717, 1.165) is 0 Å². The van der Waals surface area contributed by atoms with E-state index in [0.29, 0.717) is 37.5 Å². The average Bonchev–Trinajstić information content (AvgIpc) is 2.99. The Kier molecular flexibility index (Phi) is 6.17. The predicted molar refractivity (Wildman–Crippen MR) is 88.7 cm³/mol. The summed E-state index contributed by atoms with van der Waals surface area (Å²) in [5.41, 5.74) is 0.530. The standard InChI is InChI=1S/C17H23N3O4/c1-3-20-11-13(10-15(20)21)17(23)19-9-8-18-16(22)12-4-6-14(24-2)7-5-12/h4-7,13H,3,8-11H2,1-2H3,(H,18,22)(H,19,23)/t13-/m1/s1. The lowest BCUT2D eigenvalue weighted by Crippen LogP contribution is -2.38. The van der Waals surface area contributed by atoms with Crippen molar-refractivity contribution in [1.82, 2.24) is 15.5 Å². The molecule has 1 aliphatic rings. The first-order chi connectivity index (χ1) is 11.5. The van der Waals surface area contributed by atoms with Crippen LogP contribution in [0.5, 0.6) is 5.75 Å². The molecule has 1 aliphatic heterocycles. The van der Waals surface area contributed by atoms with E-state index < -0.39 is 0 Å². The molecule has 1 atom stereocenters. The Hall–Kier alpha value is -2.57. The van der Waals surface area contributed by atoms with Gasteiger partial charge in [-0.25, -0.2) is 0 Å². The Morgan fingerprint density at radius 3 is 2.46 bits per heavy atom. The molecular weight excluding hydrogens is 310 g/mol. The van der Waals surface area contributed by atoms with Crippen molar-refractivity contribution < 1.29 is 19.1 Å². The zero-order valence-corrected chi connectivity index (χ0v) is 14.0. The molecule has 1 aromatic carbocycles. The van der Waals surface area contributed by atoms with Crippen LogP contribution in [0.3, 0.4) is 0 Å². The SMILES string of the molecule is CCN1C[C@H](C(=O)NCCNC(=O)c2ccc(OC)cc2)CC1=O. The third-order valence-corrected chi connectivity index (χ3v) is 4.03. The minimum Gasteiger partial charge on any atom is -0.497 e. The normalized spacial score (nSPS) is 16.8. The van der Waals surface area contributed by atoms with Gasteiger partial charge in [-0.1, -0.05) is 0 Å². The molecule has 1 aromatic rings. The highest BCUT2D eigenvalue weighted by Crippen LogP contribution is 2.17. The fraction of sp³-hybridized carbons (Fsp3) is 0.471. The van der Waals surface area contributed by atoms with Crippen LogP contribution in [0.25, 0.3) is 0 Å². The lowest BCUT2D eigenvalue weighted by molar-refractivity contribution is -0.128. The summed E-state index contributed by atoms with van der Waals surface area (Å²) in [7, 11) is 1.56. The highest BCUT2D eigenvalue weighted by atomic mass is 16.5. The molecule has 24 heavy (non-hydrogen) atoms. The Labute approximate surface area is 141 Å². The van der Waals surface area contributed by atoms with Gasteiger partial charge < -0.3 is 20.3 Å². The van der Waals surface area contributed by atoms with Crippen LogP contribution in [-0.4, -0.2) is 55.9 Å². The molecule has 1 heterocycles. The molecule has 1 fully saturated rings. The number of likely N-dealkylation sites (tertiary alicyclic amines) is 1. The minimum absolute atomic E-state index is 0.0189. The monoisotopic (exact) mass is 333 g/mol. The smallest absolute Gasteiger partial charge is 0.251 e. The number of nitrogens with zero attached hydrogens (tertiary/aromatic N) is 1. The van der Waals surface area contributed by atoms with Crippen LogP contribution in [-0.2, 0) is 9.59 Å². The van der Waals surface area contributed by atoms with Gasteiger partial charge in [0.05, 0.1) is 13.0 Å². The number of amides is 3. The summed E-state index contributed by atoms with van der Waals surface area (Å²) in [4.78, 5) is 37.3. The molecule has 1 saturated heterocycles. The number of methoxy groups -OCH3 is 1. The number of hydrogen-bond acceptors (Lipinski definition) is 4. The molecule has 0 aromatic heterocycles. The quantitative estimate of drug-likeness (QED) is 0.708. The summed E-state index contributed by atoms with van der Waals surface area (Å²) >= 11 is 0. The third-order valence-electron chi connectivity index (χ3n) is 4.03. The summed E-state index contributed by atoms with van der Waals surface area (Å²) in [5.74, 6) is 0.0596. The first-order valence-corrected chi connectivity index (χ1v) is 8.03. The number of carbonyl (C=O) groups is 3. The Morgan fingerprint density at radius 1 is 1.21 bits per heavy atom. The van der Waals surface area contributed by atoms with Crippen LogP contribution in [0.1, 0.15) is 23.7 Å². The molecular formula is C17H23N3O4. The van der Waals surface area contributed by atoms with Gasteiger partial charge in [0.15, 0.2) is 0 Å². The van der Waals surface area contributed by atoms with Gasteiger partial charge >= 0.3 is 0 Å². The molecule has 130 valence electrons. The number of nitrogens with one attached hydrogen (secondary N) is 2. The lowest BCUT2D eigenvalue weighted by atomic mass is 10.1. The van der Waals surface area contributed by atoms with Crippen molar-refractivity contribution in [1.29, 1.82) is 0 Å². The van der Waals surface area contributed by atoms with Crippen molar-refractivity contribution in [3.63, 3.8) is 0 Å². The van der Waals surface area contributed by atoms with E-state index in [2.05, 4.69) is 10.6 Å². The topological polar surface area (TPSA) is 87.7 Å². The van der Waals surface area contributed by atoms with Gasteiger partial charge in [0.1, 0.15) is 5.75 Å². The minimum atomic E-state index is -0.297. The molecule has 3 amide bonds. The summed E-state index contributed by atoms with van der Waals surface area (Å²) in [5, 5.41) is 5.50. The van der Waals surface area contributed by atoms with Crippen molar-refractivity contribution >= 4 is 17.7 Å². The fourth-order valence-electron chi connectivity index (χ4n) is 2.60. The number of ether oxygens (including phenoxy) is 1. The van der Waals surface area contributed by atoms with Crippen LogP contribution >= 0.6 is 0 Å². The van der Waals surface area contributed by atoms with Gasteiger partial charge in [-0.05, 0) is 31.2 Å². The van der Waals surface area contributed by atoms with E-state index in [1.54, 1.807) is 36.3 Å². The van der Waals surface area contributed by atoms with E-state index in [1.807, 2.05) is 6.92 Å². The Balaban J connectivity index is 1.69. The molecule has 0 aliphatic carbocycles. The van der Waals surface area contributed by atoms with Crippen LogP contribution in [0.4, 0.5) is 0 Å². The van der Waals surface area contributed by atoms with Crippen molar-refractivity contribution in [2.24, 2.45) is 5.92 Å². The van der Waals surface area contributed by atoms with Gasteiger partial charge in [-0.3, -0.25) is 14.4 Å². The average molecular weight is 333 g/mol. The first kappa shape index (κ1) is 17.8. The summed E-state index contributed by atoms with van der Waals surface area (Å²) in [6.07, 6.45) is 0.262. The van der Waals surface area contributed by atoms with Crippen LogP contribution in [0.15, 0.2) is 24.3 Å². The molecule has 2 N–H and O–H groups in total. The van der Waals surface area contributed by atoms with E-state index in [1.165, 1.54) is 0 Å². The molecule has 0 radical (unpaired) electrons. The zero-order chi connectivity index (χ0) is 17.5. The molecule has 7 nitrogen and oxygen atoms in total. The molecule has 0 spiro atoms. The number of benzene rings is 1. The van der Waals surface area contributed by atoms with Gasteiger partial charge in [-0.15, -0.1) is 0 Å². The van der Waals surface area contributed by atoms with E-state index >= 15 is 0 Å². The van der Waals surface area contributed by atoms with Gasteiger partial charge in [0.25, 0.3) is 5.91 Å². The number of rotatable bonds is 7. The Bertz CT molecular complexity index is 600. The second-order valence-corrected chi connectivity index (χ2v) is 5.61. The maximum atomic E-state index is 12.0. The van der Waals surface area contributed by atoms with E-state index in [4.69, 9.17) is 4.74 Å². The van der Waals surface area contributed by atoms with Gasteiger partial charge in [0, 0.05) is 38.2 Å². The highest BCUT2D eigenvalue weighted by Gasteiger charge is 2.32. The Morgan fingerprint density at radius 2 is 1.88 bits per heavy atom. The fourth-order valence-corrected chi connectivity index (χ4v) is 2.60. The largest absolute Gasteiger partial charge is 0.497 e. The second-order valence-electron chi connectivity index (χ2n) is 5.61. The second kappa shape index (κ2) is 8.33. The highest BCUT2D eigenvalue weighted by molar-refractivity contribution is 5.94. The molecule has 0 saturated carbocycles. The van der Waals surface area contributed by atoms with Crippen molar-refractivity contribution in [2.45, 2.75) is 13.3 Å². The summed E-state index contributed by atoms with van der Waals surface area (Å²) in [6.45, 7) is 3.65. The van der Waals surface area contributed by atoms with E-state index in [-0.39, 0.29) is 30.1 Å². The van der Waals surface area contributed by atoms with Gasteiger partial charge in [0.2, 0.25) is 11.8 Å². The third kappa shape index (κ3) is 4.47. The maximum Gasteiger partial charge on any atom is 0.251 e. The molecule has 7 heteroatoms. The maximum absolute atomic E-state index is 12.0. The van der Waals surface area contributed by atoms with Crippen LogP contribution < -0.4 is 15.4 Å². The molecule has 0 unspecified atom stereocenters. The molecule has 2 rings (SSSR count). The van der Waals surface area contributed by atoms with Crippen molar-refractivity contribution in [3.05, 3.63) is 29.8 Å². The summed E-state index contributed by atoms with van der Waals surface area (Å²) < 4.78 is 5.04. The number of carbonyl (C=O) groups excluding carboxylic acids is 3. The van der Waals surface area contributed by atoms with Crippen LogP contribution in [0, 0.1) is 5.92 Å². The predicted octanol–water partition coefficient (Wildman–Crippen LogP) is 0.410. The van der Waals surface area contributed by atoms with Crippen LogP contribution in [0.2, 0.25) is 0 Å². The summed E-state index contributed by atoms with van der Waals surface area (Å²) in [6, 6.07) is 6.78. The molecule has 0 bridgehead atoms. The zero-order valence-electron chi connectivity index (χ0n) is 14.0. The first-order valence-electron chi connectivity index (χ1n) is 8.03. The van der Waals surface area contributed by atoms with Crippen molar-refractivity contribution in [2.75, 3.05) is 33.3 Å². The number of hydrogen-bond donors (Lipinski definition) is 2. The lowest BCUT2D eigenvalue weighted by Gasteiger charge is -2.13. The van der Waals surface area contributed by atoms with E-state index in [9.17, 15) is 14.4 Å². The van der Waals surface area contributed by atoms with Gasteiger partial charge in [-0.2, -0.15) is 0 Å². The van der Waals surface area contributed by atoms with Crippen molar-refractivity contribution in [3.8, 4) is 5.75 Å².